The average molecular weight is 186 g/mol. The van der Waals surface area contributed by atoms with E-state index in [1.54, 1.807) is 0 Å². The van der Waals surface area contributed by atoms with Crippen molar-refractivity contribution in [3.05, 3.63) is 0 Å². The van der Waals surface area contributed by atoms with Gasteiger partial charge in [-0.2, -0.15) is 5.10 Å². The molecule has 0 unspecified atom stereocenters. The average Bonchev–Trinajstić information content (AvgIpc) is 2.12. The molecule has 0 atom stereocenters. The van der Waals surface area contributed by atoms with E-state index in [4.69, 9.17) is 5.11 Å². The number of hydrogen-bond acceptors (Lipinski definition) is 3. The largest absolute Gasteiger partial charge is 0.477 e. The third-order valence-corrected chi connectivity index (χ3v) is 2.09. The maximum absolute atomic E-state index is 10.3. The van der Waals surface area contributed by atoms with Crippen LogP contribution in [0.4, 0.5) is 0 Å². The lowest BCUT2D eigenvalue weighted by atomic mass is 10.0. The van der Waals surface area contributed by atoms with Gasteiger partial charge in [-0.1, -0.05) is 26.7 Å². The molecule has 0 aromatic rings. The van der Waals surface area contributed by atoms with Gasteiger partial charge < -0.3 is 10.5 Å². The van der Waals surface area contributed by atoms with Crippen molar-refractivity contribution in [1.82, 2.24) is 5.43 Å². The molecule has 0 heterocycles. The maximum Gasteiger partial charge on any atom is 0.351 e. The summed E-state index contributed by atoms with van der Waals surface area (Å²) in [5, 5.41) is 12.2. The lowest BCUT2D eigenvalue weighted by molar-refractivity contribution is -0.129. The maximum atomic E-state index is 10.3. The first-order valence-electron chi connectivity index (χ1n) is 4.62. The molecule has 2 N–H and O–H groups in total. The second-order valence-corrected chi connectivity index (χ2v) is 3.05. The second kappa shape index (κ2) is 6.46. The van der Waals surface area contributed by atoms with Gasteiger partial charge in [-0.3, -0.25) is 0 Å². The summed E-state index contributed by atoms with van der Waals surface area (Å²) in [5.41, 5.74) is 2.88. The molecule has 4 heteroatoms. The smallest absolute Gasteiger partial charge is 0.351 e. The van der Waals surface area contributed by atoms with Crippen LogP contribution in [-0.2, 0) is 4.79 Å². The highest BCUT2D eigenvalue weighted by atomic mass is 16.4. The van der Waals surface area contributed by atoms with E-state index >= 15 is 0 Å². The van der Waals surface area contributed by atoms with Crippen LogP contribution in [0.5, 0.6) is 0 Å². The van der Waals surface area contributed by atoms with Gasteiger partial charge in [0.15, 0.2) is 0 Å². The van der Waals surface area contributed by atoms with E-state index in [1.165, 1.54) is 6.92 Å². The summed E-state index contributed by atoms with van der Waals surface area (Å²) in [6, 6.07) is 0. The van der Waals surface area contributed by atoms with Crippen molar-refractivity contribution >= 4 is 11.7 Å². The highest BCUT2D eigenvalue weighted by Gasteiger charge is 2.03. The Bertz CT molecular complexity index is 186. The predicted molar refractivity (Wildman–Crippen MR) is 52.8 cm³/mol. The van der Waals surface area contributed by atoms with E-state index < -0.39 is 5.97 Å². The van der Waals surface area contributed by atoms with Crippen molar-refractivity contribution in [2.75, 3.05) is 6.54 Å². The van der Waals surface area contributed by atoms with Crippen molar-refractivity contribution < 1.29 is 9.90 Å². The van der Waals surface area contributed by atoms with Crippen LogP contribution in [0, 0.1) is 5.92 Å². The molecule has 0 aromatic heterocycles. The quantitative estimate of drug-likeness (QED) is 0.488. The molecule has 4 nitrogen and oxygen atoms in total. The summed E-state index contributed by atoms with van der Waals surface area (Å²) in [6.07, 6.45) is 2.18. The molecule has 13 heavy (non-hydrogen) atoms. The third-order valence-electron chi connectivity index (χ3n) is 2.09. The number of nitrogens with zero attached hydrogens (tertiary/aromatic N) is 1. The number of hydrogen-bond donors (Lipinski definition) is 2. The second-order valence-electron chi connectivity index (χ2n) is 3.05. The van der Waals surface area contributed by atoms with Gasteiger partial charge in [0, 0.05) is 6.54 Å². The van der Waals surface area contributed by atoms with Crippen LogP contribution in [0.1, 0.15) is 33.6 Å². The van der Waals surface area contributed by atoms with Gasteiger partial charge in [0.25, 0.3) is 0 Å². The zero-order chi connectivity index (χ0) is 10.3. The molecule has 0 aliphatic heterocycles. The summed E-state index contributed by atoms with van der Waals surface area (Å²) in [5.74, 6) is -0.401. The SMILES string of the molecule is CCC(CC)CN/N=C(/C)C(=O)O. The van der Waals surface area contributed by atoms with E-state index in [9.17, 15) is 4.79 Å². The predicted octanol–water partition coefficient (Wildman–Crippen LogP) is 1.47. The number of carboxylic acids is 1. The number of carbonyl (C=O) groups is 1. The number of nitrogens with one attached hydrogen (secondary N) is 1. The Labute approximate surface area is 79.0 Å². The van der Waals surface area contributed by atoms with Crippen molar-refractivity contribution in [3.8, 4) is 0 Å². The van der Waals surface area contributed by atoms with Crippen molar-refractivity contribution in [3.63, 3.8) is 0 Å². The molecule has 0 saturated heterocycles. The van der Waals surface area contributed by atoms with Crippen LogP contribution in [-0.4, -0.2) is 23.3 Å². The van der Waals surface area contributed by atoms with Crippen LogP contribution in [0.3, 0.4) is 0 Å². The minimum atomic E-state index is -0.975. The molecule has 0 bridgehead atoms. The Kier molecular flexibility index (Phi) is 5.93. The Morgan fingerprint density at radius 2 is 2.00 bits per heavy atom. The normalized spacial score (nSPS) is 11.8. The fourth-order valence-corrected chi connectivity index (χ4v) is 0.919. The molecule has 0 saturated carbocycles. The standard InChI is InChI=1S/C9H18N2O2/c1-4-8(5-2)6-10-11-7(3)9(12)13/h8,10H,4-6H2,1-3H3,(H,12,13)/b11-7-. The molecule has 0 rings (SSSR count). The van der Waals surface area contributed by atoms with Crippen LogP contribution in [0.2, 0.25) is 0 Å². The molecule has 76 valence electrons. The molecule has 0 aliphatic carbocycles. The van der Waals surface area contributed by atoms with Crippen LogP contribution in [0.25, 0.3) is 0 Å². The molecule has 0 spiro atoms. The molecule has 0 aromatic carbocycles. The highest BCUT2D eigenvalue weighted by Crippen LogP contribution is 2.04. The first-order chi connectivity index (χ1) is 6.11. The van der Waals surface area contributed by atoms with Gasteiger partial charge in [-0.15, -0.1) is 0 Å². The minimum absolute atomic E-state index is 0.103. The van der Waals surface area contributed by atoms with E-state index in [2.05, 4.69) is 24.4 Å². The van der Waals surface area contributed by atoms with E-state index in [1.807, 2.05) is 0 Å². The molecule has 0 fully saturated rings. The fourth-order valence-electron chi connectivity index (χ4n) is 0.919. The zero-order valence-electron chi connectivity index (χ0n) is 8.50. The fraction of sp³-hybridized carbons (Fsp3) is 0.778. The summed E-state index contributed by atoms with van der Waals surface area (Å²) in [7, 11) is 0. The number of carboxylic acid groups (broad SMARTS) is 1. The number of aliphatic carboxylic acids is 1. The van der Waals surface area contributed by atoms with Gasteiger partial charge in [-0.05, 0) is 12.8 Å². The van der Waals surface area contributed by atoms with E-state index in [-0.39, 0.29) is 5.71 Å². The van der Waals surface area contributed by atoms with E-state index in [0.29, 0.717) is 5.92 Å². The number of hydrazone groups is 1. The monoisotopic (exact) mass is 186 g/mol. The first kappa shape index (κ1) is 11.9. The molecule has 0 amide bonds. The molecule has 0 radical (unpaired) electrons. The highest BCUT2D eigenvalue weighted by molar-refractivity contribution is 6.34. The van der Waals surface area contributed by atoms with Gasteiger partial charge in [0.2, 0.25) is 0 Å². The van der Waals surface area contributed by atoms with Crippen LogP contribution >= 0.6 is 0 Å². The zero-order valence-corrected chi connectivity index (χ0v) is 8.50. The van der Waals surface area contributed by atoms with Crippen molar-refractivity contribution in [2.24, 2.45) is 11.0 Å². The van der Waals surface area contributed by atoms with Crippen LogP contribution < -0.4 is 5.43 Å². The van der Waals surface area contributed by atoms with E-state index in [0.717, 1.165) is 19.4 Å². The molecule has 0 aliphatic rings. The summed E-state index contributed by atoms with van der Waals surface area (Å²) in [4.78, 5) is 10.3. The molecular weight excluding hydrogens is 168 g/mol. The van der Waals surface area contributed by atoms with Crippen molar-refractivity contribution in [2.45, 2.75) is 33.6 Å². The molecular formula is C9H18N2O2. The Morgan fingerprint density at radius 3 is 2.38 bits per heavy atom. The van der Waals surface area contributed by atoms with Gasteiger partial charge in [0.1, 0.15) is 5.71 Å². The lowest BCUT2D eigenvalue weighted by Gasteiger charge is -2.10. The summed E-state index contributed by atoms with van der Waals surface area (Å²) < 4.78 is 0. The van der Waals surface area contributed by atoms with Gasteiger partial charge >= 0.3 is 5.97 Å². The topological polar surface area (TPSA) is 61.7 Å². The Morgan fingerprint density at radius 1 is 1.46 bits per heavy atom. The lowest BCUT2D eigenvalue weighted by Crippen LogP contribution is -2.20. The number of rotatable bonds is 6. The third kappa shape index (κ3) is 5.22. The van der Waals surface area contributed by atoms with Gasteiger partial charge in [-0.25, -0.2) is 4.79 Å². The summed E-state index contributed by atoms with van der Waals surface area (Å²) in [6.45, 7) is 6.45. The van der Waals surface area contributed by atoms with Crippen LogP contribution in [0.15, 0.2) is 5.10 Å². The summed E-state index contributed by atoms with van der Waals surface area (Å²) >= 11 is 0. The minimum Gasteiger partial charge on any atom is -0.477 e. The Hall–Kier alpha value is -1.06. The van der Waals surface area contributed by atoms with Gasteiger partial charge in [0.05, 0.1) is 0 Å². The Balaban J connectivity index is 3.76. The van der Waals surface area contributed by atoms with Crippen molar-refractivity contribution in [1.29, 1.82) is 0 Å². The first-order valence-corrected chi connectivity index (χ1v) is 4.62.